The number of nitrogens with two attached hydrogens (primary N) is 1. The number of pyridine rings is 1. The molecule has 1 fully saturated rings. The van der Waals surface area contributed by atoms with Gasteiger partial charge in [0.25, 0.3) is 0 Å². The highest BCUT2D eigenvalue weighted by Gasteiger charge is 2.42. The van der Waals surface area contributed by atoms with Crippen molar-refractivity contribution in [2.45, 2.75) is 44.4 Å². The number of rotatable bonds is 4. The maximum absolute atomic E-state index is 10.7. The van der Waals surface area contributed by atoms with Crippen LogP contribution in [0.1, 0.15) is 30.1 Å². The van der Waals surface area contributed by atoms with Gasteiger partial charge in [0, 0.05) is 18.6 Å². The zero-order valence-corrected chi connectivity index (χ0v) is 16.2. The minimum Gasteiger partial charge on any atom is -0.390 e. The van der Waals surface area contributed by atoms with Gasteiger partial charge in [-0.05, 0) is 55.9 Å². The van der Waals surface area contributed by atoms with E-state index in [9.17, 15) is 10.2 Å². The second-order valence-corrected chi connectivity index (χ2v) is 7.98. The lowest BCUT2D eigenvalue weighted by molar-refractivity contribution is 0.00545. The second kappa shape index (κ2) is 6.82. The van der Waals surface area contributed by atoms with E-state index in [4.69, 9.17) is 5.73 Å². The molecule has 8 nitrogen and oxygen atoms in total. The van der Waals surface area contributed by atoms with Crippen LogP contribution >= 0.6 is 0 Å². The molecule has 5 rings (SSSR count). The van der Waals surface area contributed by atoms with Gasteiger partial charge in [-0.2, -0.15) is 0 Å². The third-order valence-corrected chi connectivity index (χ3v) is 6.12. The number of aliphatic hydroxyl groups excluding tert-OH is 2. The maximum Gasteiger partial charge on any atom is 0.145 e. The van der Waals surface area contributed by atoms with Crippen LogP contribution in [0.4, 0.5) is 5.82 Å². The largest absolute Gasteiger partial charge is 0.390 e. The lowest BCUT2D eigenvalue weighted by Gasteiger charge is -2.19. The summed E-state index contributed by atoms with van der Waals surface area (Å²) in [6, 6.07) is 5.79. The quantitative estimate of drug-likeness (QED) is 0.489. The predicted molar refractivity (Wildman–Crippen MR) is 109 cm³/mol. The predicted octanol–water partition coefficient (Wildman–Crippen LogP) is 1.89. The Hall–Kier alpha value is -2.97. The molecule has 150 valence electrons. The molecule has 0 amide bonds. The third kappa shape index (κ3) is 3.04. The number of hydrogen-bond acceptors (Lipinski definition) is 6. The Kier molecular flexibility index (Phi) is 4.25. The number of aliphatic hydroxyl groups is 2. The van der Waals surface area contributed by atoms with Crippen molar-refractivity contribution in [3.63, 3.8) is 0 Å². The van der Waals surface area contributed by atoms with Crippen LogP contribution in [0.2, 0.25) is 0 Å². The van der Waals surface area contributed by atoms with Crippen LogP contribution in [-0.2, 0) is 6.42 Å². The molecule has 4 heterocycles. The number of aromatic nitrogens is 5. The van der Waals surface area contributed by atoms with E-state index in [0.29, 0.717) is 17.9 Å². The van der Waals surface area contributed by atoms with Gasteiger partial charge in [0.2, 0.25) is 0 Å². The molecule has 0 aromatic carbocycles. The molecule has 4 aromatic rings. The molecule has 0 saturated heterocycles. The van der Waals surface area contributed by atoms with Crippen LogP contribution < -0.4 is 5.73 Å². The number of hydrogen-bond donors (Lipinski definition) is 3. The summed E-state index contributed by atoms with van der Waals surface area (Å²) in [4.78, 5) is 12.9. The number of anilines is 1. The van der Waals surface area contributed by atoms with E-state index in [2.05, 4.69) is 27.1 Å². The first-order valence-corrected chi connectivity index (χ1v) is 9.88. The van der Waals surface area contributed by atoms with Gasteiger partial charge in [-0.1, -0.05) is 0 Å². The second-order valence-electron chi connectivity index (χ2n) is 7.98. The Balaban J connectivity index is 1.34. The number of aryl methyl sites for hydroxylation is 2. The van der Waals surface area contributed by atoms with Gasteiger partial charge in [0.1, 0.15) is 29.5 Å². The fourth-order valence-corrected chi connectivity index (χ4v) is 4.58. The molecule has 0 spiro atoms. The first kappa shape index (κ1) is 18.1. The molecule has 1 aliphatic rings. The van der Waals surface area contributed by atoms with Gasteiger partial charge < -0.3 is 24.9 Å². The number of imidazole rings is 1. The SMILES string of the molecule is Cc1cn2ccc(CC[C@H]3C[C@@H](n4ccc5c(N)ncnc54)[C@H](O)[C@@H]3O)cc2n1. The van der Waals surface area contributed by atoms with E-state index in [-0.39, 0.29) is 12.0 Å². The van der Waals surface area contributed by atoms with Crippen molar-refractivity contribution in [1.29, 1.82) is 0 Å². The Morgan fingerprint density at radius 2 is 2.03 bits per heavy atom. The first-order valence-electron chi connectivity index (χ1n) is 9.88. The van der Waals surface area contributed by atoms with Crippen LogP contribution in [0.5, 0.6) is 0 Å². The fourth-order valence-electron chi connectivity index (χ4n) is 4.58. The zero-order chi connectivity index (χ0) is 20.1. The van der Waals surface area contributed by atoms with Gasteiger partial charge in [-0.25, -0.2) is 15.0 Å². The van der Waals surface area contributed by atoms with Crippen molar-refractivity contribution in [2.24, 2.45) is 5.92 Å². The summed E-state index contributed by atoms with van der Waals surface area (Å²) in [5.41, 5.74) is 9.72. The summed E-state index contributed by atoms with van der Waals surface area (Å²) in [7, 11) is 0. The van der Waals surface area contributed by atoms with Crippen LogP contribution in [0, 0.1) is 12.8 Å². The van der Waals surface area contributed by atoms with Crippen LogP contribution in [0.15, 0.2) is 43.1 Å². The van der Waals surface area contributed by atoms with Crippen LogP contribution in [-0.4, -0.2) is 46.3 Å². The Morgan fingerprint density at radius 1 is 1.17 bits per heavy atom. The molecule has 4 atom stereocenters. The smallest absolute Gasteiger partial charge is 0.145 e. The topological polar surface area (TPSA) is 114 Å². The van der Waals surface area contributed by atoms with Crippen molar-refractivity contribution >= 4 is 22.5 Å². The minimum absolute atomic E-state index is 0.00402. The molecule has 29 heavy (non-hydrogen) atoms. The highest BCUT2D eigenvalue weighted by Crippen LogP contribution is 2.39. The van der Waals surface area contributed by atoms with Gasteiger partial charge >= 0.3 is 0 Å². The standard InChI is InChI=1S/C21H24N6O2/c1-12-10-26-6-4-13(8-17(26)25-12)2-3-14-9-16(19(29)18(14)28)27-7-5-15-20(22)23-11-24-21(15)27/h4-8,10-11,14,16,18-19,28-29H,2-3,9H2,1H3,(H2,22,23,24)/t14-,16+,18+,19-/m0/s1. The van der Waals surface area contributed by atoms with Gasteiger partial charge in [0.05, 0.1) is 23.2 Å². The highest BCUT2D eigenvalue weighted by molar-refractivity contribution is 5.86. The van der Waals surface area contributed by atoms with Crippen LogP contribution in [0.3, 0.4) is 0 Å². The molecule has 0 bridgehead atoms. The Morgan fingerprint density at radius 3 is 2.90 bits per heavy atom. The third-order valence-electron chi connectivity index (χ3n) is 6.12. The monoisotopic (exact) mass is 392 g/mol. The normalized spacial score (nSPS) is 24.7. The summed E-state index contributed by atoms with van der Waals surface area (Å²) >= 11 is 0. The van der Waals surface area contributed by atoms with Crippen molar-refractivity contribution in [3.05, 3.63) is 54.4 Å². The molecule has 4 aromatic heterocycles. The van der Waals surface area contributed by atoms with E-state index in [0.717, 1.165) is 29.6 Å². The molecule has 0 radical (unpaired) electrons. The average Bonchev–Trinajstić information content (AvgIpc) is 3.37. The summed E-state index contributed by atoms with van der Waals surface area (Å²) in [6.45, 7) is 1.98. The van der Waals surface area contributed by atoms with Crippen molar-refractivity contribution in [3.8, 4) is 0 Å². The van der Waals surface area contributed by atoms with Crippen molar-refractivity contribution in [1.82, 2.24) is 23.9 Å². The molecule has 4 N–H and O–H groups in total. The van der Waals surface area contributed by atoms with Gasteiger partial charge in [-0.3, -0.25) is 0 Å². The fraction of sp³-hybridized carbons (Fsp3) is 0.381. The number of nitrogens with zero attached hydrogens (tertiary/aromatic N) is 5. The van der Waals surface area contributed by atoms with E-state index in [1.165, 1.54) is 11.9 Å². The summed E-state index contributed by atoms with van der Waals surface area (Å²) in [5, 5.41) is 22.1. The molecular formula is C21H24N6O2. The molecular weight excluding hydrogens is 368 g/mol. The van der Waals surface area contributed by atoms with Gasteiger partial charge in [-0.15, -0.1) is 0 Å². The molecule has 1 saturated carbocycles. The number of fused-ring (bicyclic) bond motifs is 2. The maximum atomic E-state index is 10.7. The summed E-state index contributed by atoms with van der Waals surface area (Å²) < 4.78 is 3.92. The Labute approximate surface area is 167 Å². The van der Waals surface area contributed by atoms with E-state index in [1.807, 2.05) is 40.5 Å². The first-order chi connectivity index (χ1) is 14.0. The Bertz CT molecular complexity index is 1180. The molecule has 8 heteroatoms. The lowest BCUT2D eigenvalue weighted by Crippen LogP contribution is -2.29. The van der Waals surface area contributed by atoms with E-state index >= 15 is 0 Å². The molecule has 0 unspecified atom stereocenters. The van der Waals surface area contributed by atoms with Crippen molar-refractivity contribution in [2.75, 3.05) is 5.73 Å². The molecule has 0 aliphatic heterocycles. The summed E-state index contributed by atoms with van der Waals surface area (Å²) in [5.74, 6) is 0.423. The van der Waals surface area contributed by atoms with Crippen molar-refractivity contribution < 1.29 is 10.2 Å². The highest BCUT2D eigenvalue weighted by atomic mass is 16.3. The average molecular weight is 392 g/mol. The van der Waals surface area contributed by atoms with E-state index < -0.39 is 12.2 Å². The zero-order valence-electron chi connectivity index (χ0n) is 16.2. The molecule has 1 aliphatic carbocycles. The lowest BCUT2D eigenvalue weighted by atomic mass is 9.96. The van der Waals surface area contributed by atoms with E-state index in [1.54, 1.807) is 0 Å². The minimum atomic E-state index is -0.843. The number of nitrogen functional groups attached to an aromatic ring is 1. The van der Waals surface area contributed by atoms with Crippen LogP contribution in [0.25, 0.3) is 16.7 Å². The summed E-state index contributed by atoms with van der Waals surface area (Å²) in [6.07, 6.45) is 8.00. The van der Waals surface area contributed by atoms with Gasteiger partial charge in [0.15, 0.2) is 0 Å².